The molecule has 0 atom stereocenters. The van der Waals surface area contributed by atoms with Gasteiger partial charge in [-0.05, 0) is 61.7 Å². The summed E-state index contributed by atoms with van der Waals surface area (Å²) < 4.78 is 16.2. The van der Waals surface area contributed by atoms with Crippen molar-refractivity contribution in [3.05, 3.63) is 60.2 Å². The van der Waals surface area contributed by atoms with Gasteiger partial charge in [0, 0.05) is 49.7 Å². The SMILES string of the molecule is O=C(OCN1C(=O)CCc2ccc(OCCCCN3CCN(c4cccc5ccccc45)CC3)nc21)OC1CC1. The van der Waals surface area contributed by atoms with Crippen molar-refractivity contribution in [2.45, 2.75) is 44.6 Å². The smallest absolute Gasteiger partial charge is 0.478 e. The monoisotopic (exact) mass is 544 g/mol. The number of rotatable bonds is 10. The van der Waals surface area contributed by atoms with Crippen LogP contribution < -0.4 is 14.5 Å². The van der Waals surface area contributed by atoms with Crippen molar-refractivity contribution in [1.82, 2.24) is 9.88 Å². The first-order valence-electron chi connectivity index (χ1n) is 14.4. The van der Waals surface area contributed by atoms with E-state index >= 15 is 0 Å². The molecule has 0 bridgehead atoms. The number of pyridine rings is 1. The molecule has 210 valence electrons. The minimum atomic E-state index is -0.746. The molecule has 0 radical (unpaired) electrons. The van der Waals surface area contributed by atoms with Crippen molar-refractivity contribution in [2.75, 3.05) is 55.9 Å². The molecule has 2 aliphatic heterocycles. The normalized spacial score (nSPS) is 17.6. The largest absolute Gasteiger partial charge is 0.510 e. The molecule has 1 aromatic heterocycles. The van der Waals surface area contributed by atoms with Gasteiger partial charge in [-0.1, -0.05) is 36.4 Å². The Morgan fingerprint density at radius 3 is 2.60 bits per heavy atom. The lowest BCUT2D eigenvalue weighted by Crippen LogP contribution is -2.46. The standard InChI is InChI=1S/C31H36N4O5/c36-29-15-11-24-10-14-28(32-30(24)35(29)22-39-31(37)40-25-12-13-25)38-21-4-3-16-33-17-19-34(20-18-33)27-9-5-7-23-6-1-2-8-26(23)27/h1-2,5-10,14,25H,3-4,11-13,15-22H2. The molecule has 3 heterocycles. The number of aromatic nitrogens is 1. The zero-order valence-electron chi connectivity index (χ0n) is 22.8. The van der Waals surface area contributed by atoms with Crippen molar-refractivity contribution in [2.24, 2.45) is 0 Å². The Labute approximate surface area is 234 Å². The third kappa shape index (κ3) is 6.31. The van der Waals surface area contributed by atoms with Crippen LogP contribution in [0, 0.1) is 0 Å². The average molecular weight is 545 g/mol. The van der Waals surface area contributed by atoms with E-state index in [4.69, 9.17) is 14.2 Å². The maximum atomic E-state index is 12.5. The zero-order chi connectivity index (χ0) is 27.3. The number of aryl methyl sites for hydroxylation is 1. The molecule has 3 aliphatic rings. The minimum absolute atomic E-state index is 0.0467. The first-order valence-corrected chi connectivity index (χ1v) is 14.4. The fourth-order valence-corrected chi connectivity index (χ4v) is 5.38. The second-order valence-electron chi connectivity index (χ2n) is 10.7. The van der Waals surface area contributed by atoms with Crippen LogP contribution in [-0.4, -0.2) is 74.1 Å². The fraction of sp³-hybridized carbons (Fsp3) is 0.452. The predicted molar refractivity (Wildman–Crippen MR) is 153 cm³/mol. The van der Waals surface area contributed by atoms with Gasteiger partial charge in [-0.15, -0.1) is 0 Å². The number of amides is 1. The van der Waals surface area contributed by atoms with Crippen LogP contribution in [0.2, 0.25) is 0 Å². The summed E-state index contributed by atoms with van der Waals surface area (Å²) in [7, 11) is 0. The van der Waals surface area contributed by atoms with Gasteiger partial charge in [0.15, 0.2) is 6.73 Å². The number of unbranched alkanes of at least 4 members (excludes halogenated alkanes) is 1. The maximum absolute atomic E-state index is 12.5. The van der Waals surface area contributed by atoms with Gasteiger partial charge in [0.25, 0.3) is 0 Å². The molecule has 6 rings (SSSR count). The number of carbonyl (C=O) groups excluding carboxylic acids is 2. The van der Waals surface area contributed by atoms with Crippen LogP contribution in [-0.2, 0) is 20.7 Å². The van der Waals surface area contributed by atoms with E-state index in [0.717, 1.165) is 64.0 Å². The fourth-order valence-electron chi connectivity index (χ4n) is 5.38. The second-order valence-corrected chi connectivity index (χ2v) is 10.7. The first kappa shape index (κ1) is 26.4. The van der Waals surface area contributed by atoms with Gasteiger partial charge in [0.2, 0.25) is 11.8 Å². The summed E-state index contributed by atoms with van der Waals surface area (Å²) in [4.78, 5) is 35.4. The van der Waals surface area contributed by atoms with E-state index in [2.05, 4.69) is 57.2 Å². The summed E-state index contributed by atoms with van der Waals surface area (Å²) in [5.74, 6) is 0.844. The molecule has 3 aromatic rings. The Bertz CT molecular complexity index is 1350. The van der Waals surface area contributed by atoms with Crippen molar-refractivity contribution in [3.8, 4) is 5.88 Å². The number of anilines is 2. The summed E-state index contributed by atoms with van der Waals surface area (Å²) >= 11 is 0. The zero-order valence-corrected chi connectivity index (χ0v) is 22.8. The lowest BCUT2D eigenvalue weighted by Gasteiger charge is -2.36. The highest BCUT2D eigenvalue weighted by Gasteiger charge is 2.30. The number of carbonyl (C=O) groups is 2. The number of hydrogen-bond donors (Lipinski definition) is 0. The van der Waals surface area contributed by atoms with Crippen molar-refractivity contribution in [1.29, 1.82) is 0 Å². The number of fused-ring (bicyclic) bond motifs is 2. The van der Waals surface area contributed by atoms with E-state index in [1.165, 1.54) is 21.4 Å². The van der Waals surface area contributed by atoms with E-state index in [1.807, 2.05) is 12.1 Å². The summed E-state index contributed by atoms with van der Waals surface area (Å²) in [6.07, 6.45) is 3.86. The Kier molecular flexibility index (Phi) is 7.99. The number of ether oxygens (including phenoxy) is 3. The van der Waals surface area contributed by atoms with Crippen LogP contribution in [0.15, 0.2) is 54.6 Å². The Hall–Kier alpha value is -3.85. The number of nitrogens with zero attached hydrogens (tertiary/aromatic N) is 4. The van der Waals surface area contributed by atoms with Crippen LogP contribution in [0.5, 0.6) is 5.88 Å². The van der Waals surface area contributed by atoms with Crippen LogP contribution in [0.1, 0.15) is 37.7 Å². The quantitative estimate of drug-likeness (QED) is 0.267. The number of piperazine rings is 1. The van der Waals surface area contributed by atoms with E-state index < -0.39 is 6.16 Å². The van der Waals surface area contributed by atoms with Crippen molar-refractivity contribution >= 4 is 34.3 Å². The van der Waals surface area contributed by atoms with Crippen LogP contribution in [0.25, 0.3) is 10.8 Å². The van der Waals surface area contributed by atoms with Gasteiger partial charge in [0.05, 0.1) is 6.61 Å². The van der Waals surface area contributed by atoms with Gasteiger partial charge >= 0.3 is 6.16 Å². The molecule has 9 nitrogen and oxygen atoms in total. The predicted octanol–water partition coefficient (Wildman–Crippen LogP) is 4.77. The molecule has 0 spiro atoms. The van der Waals surface area contributed by atoms with E-state index in [-0.39, 0.29) is 18.7 Å². The Morgan fingerprint density at radius 1 is 0.925 bits per heavy atom. The summed E-state index contributed by atoms with van der Waals surface area (Å²) in [6.45, 7) is 5.55. The molecule has 2 fully saturated rings. The van der Waals surface area contributed by atoms with Gasteiger partial charge in [-0.2, -0.15) is 4.98 Å². The highest BCUT2D eigenvalue weighted by molar-refractivity contribution is 5.95. The van der Waals surface area contributed by atoms with E-state index in [9.17, 15) is 9.59 Å². The van der Waals surface area contributed by atoms with Gasteiger partial charge < -0.3 is 19.1 Å². The van der Waals surface area contributed by atoms with Crippen molar-refractivity contribution in [3.63, 3.8) is 0 Å². The lowest BCUT2D eigenvalue weighted by molar-refractivity contribution is -0.119. The van der Waals surface area contributed by atoms with Gasteiger partial charge in [0.1, 0.15) is 11.9 Å². The Balaban J connectivity index is 0.940. The molecule has 1 saturated heterocycles. The number of benzene rings is 2. The maximum Gasteiger partial charge on any atom is 0.510 e. The minimum Gasteiger partial charge on any atom is -0.478 e. The highest BCUT2D eigenvalue weighted by Crippen LogP contribution is 2.30. The van der Waals surface area contributed by atoms with Crippen LogP contribution in [0.3, 0.4) is 0 Å². The molecule has 40 heavy (non-hydrogen) atoms. The van der Waals surface area contributed by atoms with Crippen LogP contribution >= 0.6 is 0 Å². The molecule has 1 amide bonds. The third-order valence-corrected chi connectivity index (χ3v) is 7.79. The summed E-state index contributed by atoms with van der Waals surface area (Å²) in [6, 6.07) is 18.9. The molecule has 2 aromatic carbocycles. The summed E-state index contributed by atoms with van der Waals surface area (Å²) in [5.41, 5.74) is 2.27. The molecule has 1 saturated carbocycles. The molecular formula is C31H36N4O5. The van der Waals surface area contributed by atoms with Gasteiger partial charge in [-0.25, -0.2) is 4.79 Å². The highest BCUT2D eigenvalue weighted by atomic mass is 16.7. The van der Waals surface area contributed by atoms with Crippen molar-refractivity contribution < 1.29 is 23.8 Å². The average Bonchev–Trinajstić information content (AvgIpc) is 3.80. The molecule has 0 unspecified atom stereocenters. The van der Waals surface area contributed by atoms with E-state index in [0.29, 0.717) is 31.1 Å². The molecule has 1 aliphatic carbocycles. The third-order valence-electron chi connectivity index (χ3n) is 7.79. The molecule has 9 heteroatoms. The van der Waals surface area contributed by atoms with Gasteiger partial charge in [-0.3, -0.25) is 14.6 Å². The lowest BCUT2D eigenvalue weighted by atomic mass is 10.1. The first-order chi connectivity index (χ1) is 19.6. The second kappa shape index (κ2) is 12.1. The Morgan fingerprint density at radius 2 is 1.75 bits per heavy atom. The van der Waals surface area contributed by atoms with E-state index in [1.54, 1.807) is 0 Å². The number of hydrogen-bond acceptors (Lipinski definition) is 8. The summed E-state index contributed by atoms with van der Waals surface area (Å²) in [5, 5.41) is 2.61. The van der Waals surface area contributed by atoms with Crippen LogP contribution in [0.4, 0.5) is 16.3 Å². The topological polar surface area (TPSA) is 84.4 Å². The molecular weight excluding hydrogens is 508 g/mol. The molecule has 0 N–H and O–H groups in total.